The first-order valence-electron chi connectivity index (χ1n) is 12.7. The molecule has 9 heteroatoms. The van der Waals surface area contributed by atoms with E-state index in [1.807, 2.05) is 24.3 Å². The molecule has 0 bridgehead atoms. The fourth-order valence-electron chi connectivity index (χ4n) is 4.75. The van der Waals surface area contributed by atoms with Gasteiger partial charge in [0, 0.05) is 6.54 Å². The third-order valence-electron chi connectivity index (χ3n) is 6.83. The van der Waals surface area contributed by atoms with E-state index in [0.29, 0.717) is 18.7 Å². The van der Waals surface area contributed by atoms with E-state index in [2.05, 4.69) is 12.1 Å². The van der Waals surface area contributed by atoms with E-state index in [4.69, 9.17) is 14.7 Å². The predicted octanol–water partition coefficient (Wildman–Crippen LogP) is 4.18. The molecular formula is C30H30N2O6S. The maximum atomic E-state index is 13.1. The highest BCUT2D eigenvalue weighted by Gasteiger charge is 2.40. The van der Waals surface area contributed by atoms with Crippen LogP contribution in [0.15, 0.2) is 88.7 Å². The summed E-state index contributed by atoms with van der Waals surface area (Å²) in [6, 6.07) is 23.7. The zero-order valence-electron chi connectivity index (χ0n) is 21.7. The van der Waals surface area contributed by atoms with Crippen LogP contribution in [-0.4, -0.2) is 51.5 Å². The van der Waals surface area contributed by atoms with Crippen LogP contribution in [0.2, 0.25) is 0 Å². The lowest BCUT2D eigenvalue weighted by molar-refractivity contribution is -0.144. The van der Waals surface area contributed by atoms with Crippen molar-refractivity contribution in [1.82, 2.24) is 4.90 Å². The summed E-state index contributed by atoms with van der Waals surface area (Å²) in [6.07, 6.45) is 2.10. The van der Waals surface area contributed by atoms with E-state index >= 15 is 0 Å². The maximum absolute atomic E-state index is 13.1. The Morgan fingerprint density at radius 3 is 2.46 bits per heavy atom. The Bertz CT molecular complexity index is 1450. The molecule has 2 atom stereocenters. The number of rotatable bonds is 11. The van der Waals surface area contributed by atoms with Crippen LogP contribution in [0.4, 0.5) is 0 Å². The number of ether oxygens (including phenoxy) is 2. The Morgan fingerprint density at radius 2 is 1.77 bits per heavy atom. The van der Waals surface area contributed by atoms with Crippen molar-refractivity contribution in [2.75, 3.05) is 20.3 Å². The molecule has 1 aliphatic rings. The van der Waals surface area contributed by atoms with E-state index in [1.54, 1.807) is 23.1 Å². The Kier molecular flexibility index (Phi) is 8.99. The Labute approximate surface area is 228 Å². The molecule has 1 amide bonds. The van der Waals surface area contributed by atoms with Crippen molar-refractivity contribution in [2.24, 2.45) is 5.92 Å². The van der Waals surface area contributed by atoms with Gasteiger partial charge >= 0.3 is 5.97 Å². The Balaban J connectivity index is 1.42. The van der Waals surface area contributed by atoms with E-state index < -0.39 is 21.7 Å². The van der Waals surface area contributed by atoms with Gasteiger partial charge in [-0.2, -0.15) is 5.26 Å². The second-order valence-electron chi connectivity index (χ2n) is 9.41. The molecule has 0 radical (unpaired) electrons. The first-order valence-corrected chi connectivity index (χ1v) is 14.2. The predicted molar refractivity (Wildman–Crippen MR) is 144 cm³/mol. The molecule has 1 fully saturated rings. The van der Waals surface area contributed by atoms with Crippen molar-refractivity contribution in [3.05, 3.63) is 90.0 Å². The normalized spacial score (nSPS) is 17.0. The lowest BCUT2D eigenvalue weighted by atomic mass is 10.0. The first-order chi connectivity index (χ1) is 18.8. The van der Waals surface area contributed by atoms with Gasteiger partial charge in [-0.05, 0) is 67.3 Å². The van der Waals surface area contributed by atoms with E-state index in [9.17, 15) is 18.0 Å². The molecule has 0 aliphatic carbocycles. The zero-order valence-corrected chi connectivity index (χ0v) is 22.5. The second-order valence-corrected chi connectivity index (χ2v) is 11.4. The molecule has 0 saturated carbocycles. The van der Waals surface area contributed by atoms with Gasteiger partial charge in [0.15, 0.2) is 0 Å². The summed E-state index contributed by atoms with van der Waals surface area (Å²) in [6.45, 7) is 0.753. The Morgan fingerprint density at radius 1 is 1.03 bits per heavy atom. The molecule has 1 aliphatic heterocycles. The first kappa shape index (κ1) is 27.9. The van der Waals surface area contributed by atoms with Crippen LogP contribution >= 0.6 is 0 Å². The van der Waals surface area contributed by atoms with Crippen LogP contribution in [0.1, 0.15) is 30.4 Å². The van der Waals surface area contributed by atoms with E-state index in [-0.39, 0.29) is 40.3 Å². The summed E-state index contributed by atoms with van der Waals surface area (Å²) in [5.41, 5.74) is 1.46. The van der Waals surface area contributed by atoms with Gasteiger partial charge in [-0.3, -0.25) is 9.59 Å². The average molecular weight is 547 g/mol. The summed E-state index contributed by atoms with van der Waals surface area (Å²) in [5.74, 6) is -0.494. The number of carbonyl (C=O) groups excluding carboxylic acids is 2. The molecule has 0 spiro atoms. The fourth-order valence-corrected chi connectivity index (χ4v) is 6.06. The lowest BCUT2D eigenvalue weighted by Gasteiger charge is -2.25. The summed E-state index contributed by atoms with van der Waals surface area (Å²) < 4.78 is 36.7. The smallest absolute Gasteiger partial charge is 0.306 e. The molecule has 0 unspecified atom stereocenters. The van der Waals surface area contributed by atoms with Gasteiger partial charge in [0.05, 0.1) is 46.9 Å². The van der Waals surface area contributed by atoms with Gasteiger partial charge < -0.3 is 14.4 Å². The van der Waals surface area contributed by atoms with Crippen LogP contribution in [-0.2, 0) is 30.6 Å². The molecule has 8 nitrogen and oxygen atoms in total. The monoisotopic (exact) mass is 546 g/mol. The number of likely N-dealkylation sites (tertiary alicyclic amines) is 1. The SMILES string of the molecule is COC(=O)C[C@@H]1C[C@@H](COc2ccc(S(=O)(=O)c3cccc(C#N)c3)cc2)N(CCCc2ccccc2)C1=O. The number of nitrogens with zero attached hydrogens (tertiary/aromatic N) is 2. The molecule has 3 aromatic rings. The van der Waals surface area contributed by atoms with Crippen molar-refractivity contribution in [3.8, 4) is 11.8 Å². The quantitative estimate of drug-likeness (QED) is 0.332. The zero-order chi connectivity index (χ0) is 27.8. The highest BCUT2D eigenvalue weighted by atomic mass is 32.2. The topological polar surface area (TPSA) is 114 Å². The summed E-state index contributed by atoms with van der Waals surface area (Å²) in [5, 5.41) is 9.08. The van der Waals surface area contributed by atoms with Crippen molar-refractivity contribution in [1.29, 1.82) is 5.26 Å². The second kappa shape index (κ2) is 12.6. The van der Waals surface area contributed by atoms with Gasteiger partial charge in [-0.1, -0.05) is 36.4 Å². The van der Waals surface area contributed by atoms with E-state index in [0.717, 1.165) is 12.8 Å². The van der Waals surface area contributed by atoms with Gasteiger partial charge in [0.1, 0.15) is 12.4 Å². The molecule has 1 saturated heterocycles. The minimum atomic E-state index is -3.79. The standard InChI is InChI=1S/C30H30N2O6S/c1-37-29(33)19-24-18-25(32(30(24)34)16-6-10-22-7-3-2-4-8-22)21-38-26-12-14-27(15-13-26)39(35,36)28-11-5-9-23(17-28)20-31/h2-5,7-9,11-15,17,24-25H,6,10,16,18-19,21H2,1H3/t24-,25-/m0/s1. The molecule has 0 N–H and O–H groups in total. The largest absolute Gasteiger partial charge is 0.491 e. The number of benzene rings is 3. The van der Waals surface area contributed by atoms with E-state index in [1.165, 1.54) is 43.0 Å². The third-order valence-corrected chi connectivity index (χ3v) is 8.59. The number of amides is 1. The van der Waals surface area contributed by atoms with Crippen molar-refractivity contribution in [3.63, 3.8) is 0 Å². The number of esters is 1. The molecular weight excluding hydrogens is 516 g/mol. The molecule has 1 heterocycles. The van der Waals surface area contributed by atoms with Crippen LogP contribution in [0.5, 0.6) is 5.75 Å². The number of sulfone groups is 1. The van der Waals surface area contributed by atoms with Gasteiger partial charge in [-0.25, -0.2) is 8.42 Å². The molecule has 3 aromatic carbocycles. The number of hydrogen-bond acceptors (Lipinski definition) is 7. The van der Waals surface area contributed by atoms with Crippen molar-refractivity contribution in [2.45, 2.75) is 41.5 Å². The summed E-state index contributed by atoms with van der Waals surface area (Å²) >= 11 is 0. The average Bonchev–Trinajstić information content (AvgIpc) is 3.26. The Hall–Kier alpha value is -4.16. The number of methoxy groups -OCH3 is 1. The van der Waals surface area contributed by atoms with Crippen LogP contribution < -0.4 is 4.74 Å². The summed E-state index contributed by atoms with van der Waals surface area (Å²) in [7, 11) is -2.48. The van der Waals surface area contributed by atoms with Crippen LogP contribution in [0, 0.1) is 17.2 Å². The lowest BCUT2D eigenvalue weighted by Crippen LogP contribution is -2.38. The number of carbonyl (C=O) groups is 2. The minimum absolute atomic E-state index is 0.0283. The molecule has 0 aromatic heterocycles. The third kappa shape index (κ3) is 6.84. The number of hydrogen-bond donors (Lipinski definition) is 0. The van der Waals surface area contributed by atoms with Gasteiger partial charge in [0.25, 0.3) is 0 Å². The van der Waals surface area contributed by atoms with Crippen LogP contribution in [0.25, 0.3) is 0 Å². The highest BCUT2D eigenvalue weighted by Crippen LogP contribution is 2.30. The molecule has 4 rings (SSSR count). The highest BCUT2D eigenvalue weighted by molar-refractivity contribution is 7.91. The minimum Gasteiger partial charge on any atom is -0.491 e. The van der Waals surface area contributed by atoms with Crippen LogP contribution in [0.3, 0.4) is 0 Å². The van der Waals surface area contributed by atoms with Gasteiger partial charge in [-0.15, -0.1) is 0 Å². The maximum Gasteiger partial charge on any atom is 0.306 e. The van der Waals surface area contributed by atoms with Crippen molar-refractivity contribution >= 4 is 21.7 Å². The summed E-state index contributed by atoms with van der Waals surface area (Å²) in [4.78, 5) is 26.9. The van der Waals surface area contributed by atoms with Crippen molar-refractivity contribution < 1.29 is 27.5 Å². The number of nitriles is 1. The number of aryl methyl sites for hydroxylation is 1. The molecule has 39 heavy (non-hydrogen) atoms. The molecule has 202 valence electrons. The fraction of sp³-hybridized carbons (Fsp3) is 0.300. The van der Waals surface area contributed by atoms with Gasteiger partial charge in [0.2, 0.25) is 15.7 Å².